The third-order valence-corrected chi connectivity index (χ3v) is 0.734. The molecule has 0 bridgehead atoms. The molecule has 0 heterocycles. The van der Waals surface area contributed by atoms with Crippen molar-refractivity contribution < 1.29 is 32.5 Å². The van der Waals surface area contributed by atoms with Crippen molar-refractivity contribution >= 4 is 0 Å². The number of aliphatic hydroxyl groups is 2. The summed E-state index contributed by atoms with van der Waals surface area (Å²) in [5.41, 5.74) is 0. The average Bonchev–Trinajstić information content (AvgIpc) is 1.81. The summed E-state index contributed by atoms with van der Waals surface area (Å²) in [4.78, 5) is 0. The van der Waals surface area contributed by atoms with E-state index in [0.29, 0.717) is 0 Å². The van der Waals surface area contributed by atoms with Crippen LogP contribution in [0.5, 0.6) is 0 Å². The molecule has 0 spiro atoms. The summed E-state index contributed by atoms with van der Waals surface area (Å²) >= 11 is 0. The topological polar surface area (TPSA) is 49.7 Å². The Hall–Kier alpha value is -0.400. The highest BCUT2D eigenvalue weighted by Gasteiger charge is 2.57. The van der Waals surface area contributed by atoms with Gasteiger partial charge in [0.25, 0.3) is 0 Å². The van der Waals surface area contributed by atoms with Crippen molar-refractivity contribution in [3.05, 3.63) is 0 Å². The van der Waals surface area contributed by atoms with Gasteiger partial charge in [0.05, 0.1) is 13.2 Å². The minimum absolute atomic E-state index is 0.803. The Kier molecular flexibility index (Phi) is 3.21. The first kappa shape index (κ1) is 10.6. The van der Waals surface area contributed by atoms with Crippen LogP contribution in [0.2, 0.25) is 0 Å². The van der Waals surface area contributed by atoms with Crippen LogP contribution in [0, 0.1) is 0 Å². The molecule has 0 aromatic carbocycles. The van der Waals surface area contributed by atoms with E-state index in [4.69, 9.17) is 10.2 Å². The monoisotopic (exact) mass is 178 g/mol. The maximum atomic E-state index is 11.9. The highest BCUT2D eigenvalue weighted by molar-refractivity contribution is 4.62. The zero-order valence-corrected chi connectivity index (χ0v) is 5.23. The van der Waals surface area contributed by atoms with Crippen molar-refractivity contribution in [3.63, 3.8) is 0 Å². The highest BCUT2D eigenvalue weighted by atomic mass is 19.4. The Morgan fingerprint density at radius 1 is 1.18 bits per heavy atom. The second kappa shape index (κ2) is 3.33. The average molecular weight is 178 g/mol. The van der Waals surface area contributed by atoms with Gasteiger partial charge in [0, 0.05) is 0 Å². The fraction of sp³-hybridized carbons (Fsp3) is 1.00. The molecular weight excluding hydrogens is 172 g/mol. The molecule has 0 saturated heterocycles. The first-order valence-electron chi connectivity index (χ1n) is 2.54. The molecule has 0 aliphatic carbocycles. The molecule has 0 fully saturated rings. The molecule has 0 saturated carbocycles. The number of halogens is 4. The van der Waals surface area contributed by atoms with Crippen molar-refractivity contribution in [1.29, 1.82) is 0 Å². The second-order valence-corrected chi connectivity index (χ2v) is 1.63. The Bertz CT molecular complexity index is 121. The van der Waals surface area contributed by atoms with Crippen LogP contribution >= 0.6 is 0 Å². The fourth-order valence-electron chi connectivity index (χ4n) is 0.263. The van der Waals surface area contributed by atoms with E-state index < -0.39 is 25.4 Å². The summed E-state index contributed by atoms with van der Waals surface area (Å²) in [7, 11) is 0. The summed E-state index contributed by atoms with van der Waals surface area (Å²) in [6.45, 7) is -1.73. The lowest BCUT2D eigenvalue weighted by molar-refractivity contribution is -0.424. The molecule has 0 amide bonds. The van der Waals surface area contributed by atoms with Gasteiger partial charge in [-0.25, -0.2) is 0 Å². The van der Waals surface area contributed by atoms with Gasteiger partial charge < -0.3 is 14.9 Å². The molecule has 1 unspecified atom stereocenters. The molecule has 1 atom stereocenters. The van der Waals surface area contributed by atoms with Crippen molar-refractivity contribution in [2.24, 2.45) is 0 Å². The first-order valence-corrected chi connectivity index (χ1v) is 2.54. The molecule has 7 heteroatoms. The summed E-state index contributed by atoms with van der Waals surface area (Å²) in [6.07, 6.45) is -5.50. The van der Waals surface area contributed by atoms with E-state index in [1.807, 2.05) is 0 Å². The minimum Gasteiger partial charge on any atom is -0.394 e. The van der Waals surface area contributed by atoms with Gasteiger partial charge in [-0.1, -0.05) is 0 Å². The van der Waals surface area contributed by atoms with Gasteiger partial charge >= 0.3 is 12.2 Å². The third-order valence-electron chi connectivity index (χ3n) is 0.734. The molecule has 0 rings (SSSR count). The standard InChI is InChI=1S/C4H6F4O3/c5-3(6,7)4(8,10)11-2-1-9/h9-10H,1-2H2. The maximum Gasteiger partial charge on any atom is 0.477 e. The highest BCUT2D eigenvalue weighted by Crippen LogP contribution is 2.32. The first-order chi connectivity index (χ1) is 4.81. The van der Waals surface area contributed by atoms with Gasteiger partial charge in [0.2, 0.25) is 0 Å². The van der Waals surface area contributed by atoms with Gasteiger partial charge in [0.1, 0.15) is 0 Å². The van der Waals surface area contributed by atoms with Gasteiger partial charge in [0.15, 0.2) is 0 Å². The van der Waals surface area contributed by atoms with Crippen LogP contribution in [0.1, 0.15) is 0 Å². The molecule has 11 heavy (non-hydrogen) atoms. The number of rotatable bonds is 3. The molecule has 0 aromatic rings. The smallest absolute Gasteiger partial charge is 0.394 e. The fourth-order valence-corrected chi connectivity index (χ4v) is 0.263. The number of alkyl halides is 4. The van der Waals surface area contributed by atoms with E-state index in [2.05, 4.69) is 4.74 Å². The second-order valence-electron chi connectivity index (χ2n) is 1.63. The normalized spacial score (nSPS) is 18.0. The summed E-state index contributed by atoms with van der Waals surface area (Å²) < 4.78 is 49.1. The van der Waals surface area contributed by atoms with Crippen LogP contribution in [0.15, 0.2) is 0 Å². The number of ether oxygens (including phenoxy) is 1. The van der Waals surface area contributed by atoms with Crippen molar-refractivity contribution in [1.82, 2.24) is 0 Å². The lowest BCUT2D eigenvalue weighted by Crippen LogP contribution is -2.43. The lowest BCUT2D eigenvalue weighted by atomic mass is 10.6. The molecule has 2 N–H and O–H groups in total. The van der Waals surface area contributed by atoms with Crippen LogP contribution in [0.4, 0.5) is 17.6 Å². The van der Waals surface area contributed by atoms with Crippen LogP contribution in [-0.4, -0.2) is 35.6 Å². The van der Waals surface area contributed by atoms with Crippen LogP contribution in [-0.2, 0) is 4.74 Å². The minimum atomic E-state index is -5.50. The van der Waals surface area contributed by atoms with E-state index in [-0.39, 0.29) is 0 Å². The quantitative estimate of drug-likeness (QED) is 0.478. The third kappa shape index (κ3) is 3.00. The van der Waals surface area contributed by atoms with Gasteiger partial charge in [-0.05, 0) is 0 Å². The zero-order valence-electron chi connectivity index (χ0n) is 5.23. The van der Waals surface area contributed by atoms with Crippen LogP contribution < -0.4 is 0 Å². The zero-order chi connectivity index (χ0) is 9.12. The molecule has 0 radical (unpaired) electrons. The van der Waals surface area contributed by atoms with E-state index in [1.54, 1.807) is 0 Å². The Balaban J connectivity index is 4.00. The summed E-state index contributed by atoms with van der Waals surface area (Å²) in [5, 5.41) is 15.8. The van der Waals surface area contributed by atoms with Gasteiger partial charge in [-0.15, -0.1) is 0 Å². The van der Waals surface area contributed by atoms with Crippen LogP contribution in [0.25, 0.3) is 0 Å². The van der Waals surface area contributed by atoms with E-state index in [1.165, 1.54) is 0 Å². The molecule has 0 aromatic heterocycles. The number of aliphatic hydroxyl groups excluding tert-OH is 1. The molecule has 0 aliphatic rings. The van der Waals surface area contributed by atoms with Gasteiger partial charge in [-0.2, -0.15) is 17.6 Å². The predicted molar refractivity (Wildman–Crippen MR) is 25.2 cm³/mol. The molecular formula is C4H6F4O3. The van der Waals surface area contributed by atoms with E-state index in [9.17, 15) is 17.6 Å². The van der Waals surface area contributed by atoms with Crippen molar-refractivity contribution in [2.45, 2.75) is 12.2 Å². The number of hydrogen-bond donors (Lipinski definition) is 2. The van der Waals surface area contributed by atoms with Crippen LogP contribution in [0.3, 0.4) is 0 Å². The Morgan fingerprint density at radius 3 is 1.91 bits per heavy atom. The van der Waals surface area contributed by atoms with E-state index in [0.717, 1.165) is 0 Å². The van der Waals surface area contributed by atoms with Crippen molar-refractivity contribution in [2.75, 3.05) is 13.2 Å². The summed E-state index contributed by atoms with van der Waals surface area (Å²) in [5.74, 6) is 0. The van der Waals surface area contributed by atoms with Crippen molar-refractivity contribution in [3.8, 4) is 0 Å². The summed E-state index contributed by atoms with van der Waals surface area (Å²) in [6, 6.07) is -4.67. The van der Waals surface area contributed by atoms with E-state index >= 15 is 0 Å². The van der Waals surface area contributed by atoms with Gasteiger partial charge in [-0.3, -0.25) is 0 Å². The maximum absolute atomic E-state index is 11.9. The predicted octanol–water partition coefficient (Wildman–Crippen LogP) is 0.173. The lowest BCUT2D eigenvalue weighted by Gasteiger charge is -2.20. The molecule has 3 nitrogen and oxygen atoms in total. The number of hydrogen-bond acceptors (Lipinski definition) is 3. The largest absolute Gasteiger partial charge is 0.477 e. The Labute approximate surface area is 59.2 Å². The Morgan fingerprint density at radius 2 is 1.64 bits per heavy atom. The molecule has 68 valence electrons. The SMILES string of the molecule is OCCOC(O)(F)C(F)(F)F. The molecule has 0 aliphatic heterocycles.